The van der Waals surface area contributed by atoms with E-state index in [1.165, 1.54) is 12.1 Å². The summed E-state index contributed by atoms with van der Waals surface area (Å²) in [5.41, 5.74) is 4.92. The highest BCUT2D eigenvalue weighted by Gasteiger charge is 2.19. The summed E-state index contributed by atoms with van der Waals surface area (Å²) in [5, 5.41) is 0.705. The molecule has 1 amide bonds. The van der Waals surface area contributed by atoms with Crippen molar-refractivity contribution < 1.29 is 13.9 Å². The van der Waals surface area contributed by atoms with E-state index in [4.69, 9.17) is 32.4 Å². The van der Waals surface area contributed by atoms with Gasteiger partial charge in [-0.2, -0.15) is 0 Å². The SMILES string of the molecule is CCOc1cc(Cl)c(Cl)c2cc(C(=O)NNc3ccccc3)c(=O)oc12. The molecule has 2 aromatic carbocycles. The first-order valence-electron chi connectivity index (χ1n) is 7.71. The third-order valence-electron chi connectivity index (χ3n) is 3.51. The number of benzene rings is 2. The van der Waals surface area contributed by atoms with Crippen molar-refractivity contribution in [1.82, 2.24) is 5.43 Å². The van der Waals surface area contributed by atoms with Gasteiger partial charge in [-0.1, -0.05) is 41.4 Å². The Bertz CT molecular complexity index is 1020. The van der Waals surface area contributed by atoms with Crippen molar-refractivity contribution in [3.63, 3.8) is 0 Å². The molecule has 134 valence electrons. The molecule has 0 saturated heterocycles. The van der Waals surface area contributed by atoms with Crippen LogP contribution in [0.3, 0.4) is 0 Å². The van der Waals surface area contributed by atoms with Gasteiger partial charge in [0.2, 0.25) is 0 Å². The van der Waals surface area contributed by atoms with Crippen LogP contribution in [0.25, 0.3) is 11.0 Å². The standard InChI is InChI=1S/C18H14Cl2N2O4/c1-2-25-14-9-13(19)15(20)11-8-12(18(24)26-16(11)14)17(23)22-21-10-6-4-3-5-7-10/h3-9,21H,2H2,1H3,(H,22,23). The van der Waals surface area contributed by atoms with Crippen molar-refractivity contribution in [1.29, 1.82) is 0 Å². The number of nitrogens with one attached hydrogen (secondary N) is 2. The molecule has 0 radical (unpaired) electrons. The minimum absolute atomic E-state index is 0.138. The quantitative estimate of drug-likeness (QED) is 0.500. The van der Waals surface area contributed by atoms with Crippen LogP contribution in [0.15, 0.2) is 51.7 Å². The Morgan fingerprint density at radius 3 is 2.62 bits per heavy atom. The number of fused-ring (bicyclic) bond motifs is 1. The Labute approximate surface area is 158 Å². The second-order valence-electron chi connectivity index (χ2n) is 5.24. The van der Waals surface area contributed by atoms with Gasteiger partial charge in [-0.05, 0) is 25.1 Å². The van der Waals surface area contributed by atoms with Crippen LogP contribution in [0.2, 0.25) is 10.0 Å². The fourth-order valence-electron chi connectivity index (χ4n) is 2.33. The molecule has 0 unspecified atom stereocenters. The van der Waals surface area contributed by atoms with E-state index in [2.05, 4.69) is 10.9 Å². The average molecular weight is 393 g/mol. The van der Waals surface area contributed by atoms with Crippen LogP contribution < -0.4 is 21.2 Å². The monoisotopic (exact) mass is 392 g/mol. The Kier molecular flexibility index (Phi) is 5.35. The van der Waals surface area contributed by atoms with Crippen molar-refractivity contribution >= 4 is 45.8 Å². The summed E-state index contributed by atoms with van der Waals surface area (Å²) in [4.78, 5) is 24.6. The zero-order valence-electron chi connectivity index (χ0n) is 13.6. The van der Waals surface area contributed by atoms with E-state index < -0.39 is 11.5 Å². The van der Waals surface area contributed by atoms with Crippen LogP contribution in [0, 0.1) is 0 Å². The third-order valence-corrected chi connectivity index (χ3v) is 4.32. The fraction of sp³-hybridized carbons (Fsp3) is 0.111. The topological polar surface area (TPSA) is 80.6 Å². The Morgan fingerprint density at radius 1 is 1.19 bits per heavy atom. The van der Waals surface area contributed by atoms with Crippen LogP contribution in [-0.4, -0.2) is 12.5 Å². The molecular formula is C18H14Cl2N2O4. The lowest BCUT2D eigenvalue weighted by Crippen LogP contribution is -2.32. The lowest BCUT2D eigenvalue weighted by molar-refractivity contribution is 0.0959. The normalized spacial score (nSPS) is 10.6. The maximum atomic E-state index is 12.3. The smallest absolute Gasteiger partial charge is 0.349 e. The highest BCUT2D eigenvalue weighted by molar-refractivity contribution is 6.45. The first-order chi connectivity index (χ1) is 12.5. The number of ether oxygens (including phenoxy) is 1. The summed E-state index contributed by atoms with van der Waals surface area (Å²) in [6.45, 7) is 2.13. The molecule has 0 bridgehead atoms. The maximum Gasteiger partial charge on any atom is 0.349 e. The van der Waals surface area contributed by atoms with E-state index in [9.17, 15) is 9.59 Å². The summed E-state index contributed by atoms with van der Waals surface area (Å²) < 4.78 is 10.7. The first kappa shape index (κ1) is 18.1. The molecule has 2 N–H and O–H groups in total. The molecule has 0 fully saturated rings. The first-order valence-corrected chi connectivity index (χ1v) is 8.47. The number of amides is 1. The van der Waals surface area contributed by atoms with E-state index in [1.807, 2.05) is 6.07 Å². The summed E-state index contributed by atoms with van der Waals surface area (Å²) in [6, 6.07) is 11.8. The van der Waals surface area contributed by atoms with Crippen LogP contribution in [0.5, 0.6) is 5.75 Å². The van der Waals surface area contributed by atoms with Crippen LogP contribution >= 0.6 is 23.2 Å². The molecule has 3 rings (SSSR count). The van der Waals surface area contributed by atoms with Gasteiger partial charge in [0, 0.05) is 11.5 Å². The Hall–Kier alpha value is -2.70. The average Bonchev–Trinajstić information content (AvgIpc) is 2.64. The number of carbonyl (C=O) groups is 1. The minimum atomic E-state index is -0.816. The highest BCUT2D eigenvalue weighted by atomic mass is 35.5. The predicted molar refractivity (Wildman–Crippen MR) is 101 cm³/mol. The number of anilines is 1. The summed E-state index contributed by atoms with van der Waals surface area (Å²) in [5.74, 6) is -0.387. The molecule has 0 aliphatic heterocycles. The second-order valence-corrected chi connectivity index (χ2v) is 6.02. The molecule has 26 heavy (non-hydrogen) atoms. The van der Waals surface area contributed by atoms with Gasteiger partial charge in [-0.3, -0.25) is 15.6 Å². The molecule has 0 atom stereocenters. The number of rotatable bonds is 5. The summed E-state index contributed by atoms with van der Waals surface area (Å²) in [6.07, 6.45) is 0. The van der Waals surface area contributed by atoms with E-state index in [0.29, 0.717) is 17.7 Å². The number of hydrogen-bond acceptors (Lipinski definition) is 5. The molecule has 0 aliphatic carbocycles. The number of hydrogen-bond donors (Lipinski definition) is 2. The van der Waals surface area contributed by atoms with Gasteiger partial charge >= 0.3 is 5.63 Å². The van der Waals surface area contributed by atoms with Crippen LogP contribution in [0.1, 0.15) is 17.3 Å². The molecule has 3 aromatic rings. The molecular weight excluding hydrogens is 379 g/mol. The van der Waals surface area contributed by atoms with Crippen molar-refractivity contribution in [3.8, 4) is 5.75 Å². The van der Waals surface area contributed by atoms with Crippen molar-refractivity contribution in [2.24, 2.45) is 0 Å². The van der Waals surface area contributed by atoms with Gasteiger partial charge in [0.15, 0.2) is 11.3 Å². The maximum absolute atomic E-state index is 12.3. The number of hydrazine groups is 1. The number of carbonyl (C=O) groups excluding carboxylic acids is 1. The molecule has 6 nitrogen and oxygen atoms in total. The van der Waals surface area contributed by atoms with E-state index in [0.717, 1.165) is 0 Å². The second kappa shape index (κ2) is 7.68. The fourth-order valence-corrected chi connectivity index (χ4v) is 2.72. The van der Waals surface area contributed by atoms with E-state index >= 15 is 0 Å². The third kappa shape index (κ3) is 3.61. The van der Waals surface area contributed by atoms with Crippen molar-refractivity contribution in [2.45, 2.75) is 6.92 Å². The lowest BCUT2D eigenvalue weighted by Gasteiger charge is -2.11. The highest BCUT2D eigenvalue weighted by Crippen LogP contribution is 2.37. The Balaban J connectivity index is 1.98. The molecule has 1 heterocycles. The van der Waals surface area contributed by atoms with Gasteiger partial charge in [0.05, 0.1) is 22.3 Å². The van der Waals surface area contributed by atoms with E-state index in [1.54, 1.807) is 31.2 Å². The van der Waals surface area contributed by atoms with Crippen LogP contribution in [0.4, 0.5) is 5.69 Å². The molecule has 0 aliphatic rings. The predicted octanol–water partition coefficient (Wildman–Crippen LogP) is 4.26. The van der Waals surface area contributed by atoms with E-state index in [-0.39, 0.29) is 26.9 Å². The molecule has 8 heteroatoms. The van der Waals surface area contributed by atoms with Gasteiger partial charge < -0.3 is 9.15 Å². The van der Waals surface area contributed by atoms with Crippen molar-refractivity contribution in [2.75, 3.05) is 12.0 Å². The zero-order valence-corrected chi connectivity index (χ0v) is 15.1. The van der Waals surface area contributed by atoms with Gasteiger partial charge in [0.25, 0.3) is 5.91 Å². The largest absolute Gasteiger partial charge is 0.490 e. The summed E-state index contributed by atoms with van der Waals surface area (Å²) >= 11 is 12.3. The van der Waals surface area contributed by atoms with Crippen molar-refractivity contribution in [3.05, 3.63) is 68.5 Å². The zero-order chi connectivity index (χ0) is 18.7. The Morgan fingerprint density at radius 2 is 1.92 bits per heavy atom. The van der Waals surface area contributed by atoms with Gasteiger partial charge in [-0.25, -0.2) is 4.79 Å². The van der Waals surface area contributed by atoms with Gasteiger partial charge in [-0.15, -0.1) is 0 Å². The lowest BCUT2D eigenvalue weighted by atomic mass is 10.1. The molecule has 1 aromatic heterocycles. The molecule has 0 saturated carbocycles. The van der Waals surface area contributed by atoms with Crippen LogP contribution in [-0.2, 0) is 0 Å². The van der Waals surface area contributed by atoms with Gasteiger partial charge in [0.1, 0.15) is 5.56 Å². The number of para-hydroxylation sites is 1. The minimum Gasteiger partial charge on any atom is -0.490 e. The number of halogens is 2. The summed E-state index contributed by atoms with van der Waals surface area (Å²) in [7, 11) is 0. The molecule has 0 spiro atoms.